The highest BCUT2D eigenvalue weighted by molar-refractivity contribution is 5.78. The molecule has 1 unspecified atom stereocenters. The van der Waals surface area contributed by atoms with E-state index in [2.05, 4.69) is 0 Å². The van der Waals surface area contributed by atoms with E-state index in [1.165, 1.54) is 7.11 Å². The molecule has 100 valence electrons. The summed E-state index contributed by atoms with van der Waals surface area (Å²) in [4.78, 5) is 11.6. The number of methoxy groups -OCH3 is 2. The van der Waals surface area contributed by atoms with Gasteiger partial charge in [-0.1, -0.05) is 0 Å². The summed E-state index contributed by atoms with van der Waals surface area (Å²) < 4.78 is 15.3. The topological polar surface area (TPSA) is 70.8 Å². The lowest BCUT2D eigenvalue weighted by molar-refractivity contribution is -0.144. The lowest BCUT2D eigenvalue weighted by Crippen LogP contribution is -2.24. The number of hydrogen-bond donors (Lipinski definition) is 1. The Kier molecular flexibility index (Phi) is 4.97. The maximum Gasteiger partial charge on any atom is 0.327 e. The fourth-order valence-corrected chi connectivity index (χ4v) is 1.69. The average Bonchev–Trinajstić information content (AvgIpc) is 2.37. The summed E-state index contributed by atoms with van der Waals surface area (Å²) >= 11 is 0. The van der Waals surface area contributed by atoms with Gasteiger partial charge in [-0.25, -0.2) is 4.79 Å². The van der Waals surface area contributed by atoms with Crippen LogP contribution in [0, 0.1) is 6.92 Å². The molecule has 1 aromatic rings. The Labute approximate surface area is 107 Å². The van der Waals surface area contributed by atoms with Crippen LogP contribution in [-0.4, -0.2) is 26.8 Å². The van der Waals surface area contributed by atoms with Crippen LogP contribution in [0.25, 0.3) is 0 Å². The minimum Gasteiger partial charge on any atom is -0.493 e. The second kappa shape index (κ2) is 6.26. The van der Waals surface area contributed by atoms with Gasteiger partial charge < -0.3 is 19.9 Å². The Morgan fingerprint density at radius 1 is 1.28 bits per heavy atom. The SMILES string of the molecule is CCOC(=O)C(N)c1cc(OC)c(OC)cc1C. The number of rotatable bonds is 5. The lowest BCUT2D eigenvalue weighted by Gasteiger charge is -2.16. The van der Waals surface area contributed by atoms with Gasteiger partial charge in [-0.3, -0.25) is 0 Å². The summed E-state index contributed by atoms with van der Waals surface area (Å²) in [6, 6.07) is 2.67. The molecule has 0 bridgehead atoms. The monoisotopic (exact) mass is 253 g/mol. The molecule has 0 aliphatic heterocycles. The molecule has 0 heterocycles. The number of benzene rings is 1. The third kappa shape index (κ3) is 2.92. The maximum atomic E-state index is 11.6. The Bertz CT molecular complexity index is 431. The molecule has 0 aliphatic rings. The zero-order valence-electron chi connectivity index (χ0n) is 11.1. The molecule has 1 aromatic carbocycles. The van der Waals surface area contributed by atoms with Crippen LogP contribution in [-0.2, 0) is 9.53 Å². The van der Waals surface area contributed by atoms with E-state index in [4.69, 9.17) is 19.9 Å². The number of nitrogens with two attached hydrogens (primary N) is 1. The number of carbonyl (C=O) groups is 1. The van der Waals surface area contributed by atoms with Gasteiger partial charge >= 0.3 is 5.97 Å². The Balaban J connectivity index is 3.12. The first-order chi connectivity index (χ1) is 8.54. The first-order valence-electron chi connectivity index (χ1n) is 5.69. The van der Waals surface area contributed by atoms with E-state index < -0.39 is 12.0 Å². The van der Waals surface area contributed by atoms with Gasteiger partial charge in [0, 0.05) is 0 Å². The summed E-state index contributed by atoms with van der Waals surface area (Å²) in [5, 5.41) is 0. The summed E-state index contributed by atoms with van der Waals surface area (Å²) in [6.07, 6.45) is 0. The largest absolute Gasteiger partial charge is 0.493 e. The molecule has 18 heavy (non-hydrogen) atoms. The number of hydrogen-bond acceptors (Lipinski definition) is 5. The minimum absolute atomic E-state index is 0.304. The molecule has 0 amide bonds. The van der Waals surface area contributed by atoms with Crippen molar-refractivity contribution in [3.8, 4) is 11.5 Å². The van der Waals surface area contributed by atoms with Gasteiger partial charge in [0.2, 0.25) is 0 Å². The first-order valence-corrected chi connectivity index (χ1v) is 5.69. The number of esters is 1. The van der Waals surface area contributed by atoms with Crippen molar-refractivity contribution in [2.45, 2.75) is 19.9 Å². The zero-order chi connectivity index (χ0) is 13.7. The standard InChI is InChI=1S/C13H19NO4/c1-5-18-13(15)12(14)9-7-11(17-4)10(16-3)6-8(9)2/h6-7,12H,5,14H2,1-4H3. The normalized spacial score (nSPS) is 11.8. The molecule has 1 atom stereocenters. The molecular formula is C13H19NO4. The van der Waals surface area contributed by atoms with Crippen molar-refractivity contribution in [2.24, 2.45) is 5.73 Å². The highest BCUT2D eigenvalue weighted by atomic mass is 16.5. The summed E-state index contributed by atoms with van der Waals surface area (Å²) in [7, 11) is 3.09. The molecule has 0 aliphatic carbocycles. The van der Waals surface area contributed by atoms with Crippen molar-refractivity contribution in [3.05, 3.63) is 23.3 Å². The van der Waals surface area contributed by atoms with Gasteiger partial charge in [0.05, 0.1) is 20.8 Å². The first kappa shape index (κ1) is 14.3. The molecule has 2 N–H and O–H groups in total. The lowest BCUT2D eigenvalue weighted by atomic mass is 10.0. The minimum atomic E-state index is -0.815. The molecule has 5 heteroatoms. The molecule has 0 radical (unpaired) electrons. The van der Waals surface area contributed by atoms with Crippen molar-refractivity contribution in [2.75, 3.05) is 20.8 Å². The second-order valence-electron chi connectivity index (χ2n) is 3.79. The van der Waals surface area contributed by atoms with Crippen LogP contribution < -0.4 is 15.2 Å². The van der Waals surface area contributed by atoms with E-state index in [0.29, 0.717) is 23.7 Å². The molecule has 0 spiro atoms. The Hall–Kier alpha value is -1.75. The van der Waals surface area contributed by atoms with Crippen LogP contribution in [0.4, 0.5) is 0 Å². The van der Waals surface area contributed by atoms with Crippen LogP contribution >= 0.6 is 0 Å². The van der Waals surface area contributed by atoms with Gasteiger partial charge in [0.15, 0.2) is 11.5 Å². The highest BCUT2D eigenvalue weighted by Crippen LogP contribution is 2.32. The van der Waals surface area contributed by atoms with Gasteiger partial charge in [-0.2, -0.15) is 0 Å². The number of aryl methyl sites for hydroxylation is 1. The average molecular weight is 253 g/mol. The van der Waals surface area contributed by atoms with Gasteiger partial charge in [-0.05, 0) is 37.1 Å². The van der Waals surface area contributed by atoms with E-state index in [0.717, 1.165) is 5.56 Å². The smallest absolute Gasteiger partial charge is 0.327 e. The van der Waals surface area contributed by atoms with E-state index in [9.17, 15) is 4.79 Å². The van der Waals surface area contributed by atoms with Crippen molar-refractivity contribution in [1.29, 1.82) is 0 Å². The van der Waals surface area contributed by atoms with Crippen LogP contribution in [0.1, 0.15) is 24.1 Å². The van der Waals surface area contributed by atoms with Crippen LogP contribution in [0.2, 0.25) is 0 Å². The van der Waals surface area contributed by atoms with Crippen LogP contribution in [0.15, 0.2) is 12.1 Å². The predicted molar refractivity (Wildman–Crippen MR) is 67.8 cm³/mol. The molecule has 0 fully saturated rings. The fraction of sp³-hybridized carbons (Fsp3) is 0.462. The molecule has 0 aromatic heterocycles. The zero-order valence-corrected chi connectivity index (χ0v) is 11.1. The van der Waals surface area contributed by atoms with E-state index >= 15 is 0 Å². The second-order valence-corrected chi connectivity index (χ2v) is 3.79. The van der Waals surface area contributed by atoms with Crippen molar-refractivity contribution >= 4 is 5.97 Å². The molecule has 1 rings (SSSR count). The highest BCUT2D eigenvalue weighted by Gasteiger charge is 2.21. The van der Waals surface area contributed by atoms with Crippen molar-refractivity contribution in [1.82, 2.24) is 0 Å². The van der Waals surface area contributed by atoms with Crippen molar-refractivity contribution in [3.63, 3.8) is 0 Å². The van der Waals surface area contributed by atoms with Gasteiger partial charge in [0.25, 0.3) is 0 Å². The third-order valence-electron chi connectivity index (χ3n) is 2.65. The quantitative estimate of drug-likeness (QED) is 0.807. The molecule has 0 saturated heterocycles. The van der Waals surface area contributed by atoms with E-state index in [-0.39, 0.29) is 0 Å². The Morgan fingerprint density at radius 2 is 1.83 bits per heavy atom. The maximum absolute atomic E-state index is 11.6. The molecule has 0 saturated carbocycles. The van der Waals surface area contributed by atoms with Gasteiger partial charge in [0.1, 0.15) is 6.04 Å². The van der Waals surface area contributed by atoms with E-state index in [1.807, 2.05) is 6.92 Å². The predicted octanol–water partition coefficient (Wildman–Crippen LogP) is 1.58. The molecular weight excluding hydrogens is 234 g/mol. The summed E-state index contributed by atoms with van der Waals surface area (Å²) in [6.45, 7) is 3.90. The Morgan fingerprint density at radius 3 is 2.33 bits per heavy atom. The summed E-state index contributed by atoms with van der Waals surface area (Å²) in [5.41, 5.74) is 7.40. The number of ether oxygens (including phenoxy) is 3. The van der Waals surface area contributed by atoms with Crippen LogP contribution in [0.3, 0.4) is 0 Å². The summed E-state index contributed by atoms with van der Waals surface area (Å²) in [5.74, 6) is 0.695. The van der Waals surface area contributed by atoms with E-state index in [1.54, 1.807) is 26.2 Å². The van der Waals surface area contributed by atoms with Crippen molar-refractivity contribution < 1.29 is 19.0 Å². The molecule has 5 nitrogen and oxygen atoms in total. The fourth-order valence-electron chi connectivity index (χ4n) is 1.69. The number of carbonyl (C=O) groups excluding carboxylic acids is 1. The van der Waals surface area contributed by atoms with Crippen LogP contribution in [0.5, 0.6) is 11.5 Å². The van der Waals surface area contributed by atoms with Gasteiger partial charge in [-0.15, -0.1) is 0 Å². The third-order valence-corrected chi connectivity index (χ3v) is 2.65.